The van der Waals surface area contributed by atoms with Crippen molar-refractivity contribution in [1.82, 2.24) is 35.3 Å². The standard InChI is InChI=1S/C8H13N9/c1-11-2-5-3-17(16-15-5)4-6-12-7(9)14-8(10)13-6/h3,11H,2,4H2,1H3,(H4,9,10,12,13,14). The van der Waals surface area contributed by atoms with Crippen LogP contribution in [0.25, 0.3) is 0 Å². The molecule has 0 atom stereocenters. The molecule has 17 heavy (non-hydrogen) atoms. The highest BCUT2D eigenvalue weighted by Gasteiger charge is 2.05. The highest BCUT2D eigenvalue weighted by atomic mass is 15.4. The monoisotopic (exact) mass is 235 g/mol. The Balaban J connectivity index is 2.13. The second-order valence-electron chi connectivity index (χ2n) is 3.41. The molecule has 0 aliphatic heterocycles. The molecule has 2 rings (SSSR count). The van der Waals surface area contributed by atoms with Crippen LogP contribution in [0.3, 0.4) is 0 Å². The van der Waals surface area contributed by atoms with Gasteiger partial charge in [-0.15, -0.1) is 5.10 Å². The molecule has 5 N–H and O–H groups in total. The maximum Gasteiger partial charge on any atom is 0.225 e. The van der Waals surface area contributed by atoms with E-state index in [-0.39, 0.29) is 11.9 Å². The smallest absolute Gasteiger partial charge is 0.225 e. The molecular weight excluding hydrogens is 222 g/mol. The van der Waals surface area contributed by atoms with E-state index in [1.807, 2.05) is 7.05 Å². The summed E-state index contributed by atoms with van der Waals surface area (Å²) in [5.41, 5.74) is 11.8. The van der Waals surface area contributed by atoms with Gasteiger partial charge < -0.3 is 16.8 Å². The zero-order valence-electron chi connectivity index (χ0n) is 9.33. The second kappa shape index (κ2) is 4.70. The molecule has 2 aromatic heterocycles. The first kappa shape index (κ1) is 11.2. The number of anilines is 2. The van der Waals surface area contributed by atoms with E-state index in [1.165, 1.54) is 0 Å². The van der Waals surface area contributed by atoms with E-state index in [0.717, 1.165) is 5.69 Å². The third kappa shape index (κ3) is 2.84. The van der Waals surface area contributed by atoms with Crippen molar-refractivity contribution >= 4 is 11.9 Å². The van der Waals surface area contributed by atoms with Gasteiger partial charge in [-0.2, -0.15) is 15.0 Å². The van der Waals surface area contributed by atoms with Crippen molar-refractivity contribution in [3.05, 3.63) is 17.7 Å². The molecule has 0 unspecified atom stereocenters. The Morgan fingerprint density at radius 1 is 1.24 bits per heavy atom. The van der Waals surface area contributed by atoms with E-state index in [2.05, 4.69) is 30.6 Å². The van der Waals surface area contributed by atoms with Gasteiger partial charge in [0.1, 0.15) is 6.54 Å². The first-order valence-corrected chi connectivity index (χ1v) is 4.97. The molecule has 0 spiro atoms. The third-order valence-corrected chi connectivity index (χ3v) is 1.96. The van der Waals surface area contributed by atoms with Crippen molar-refractivity contribution in [2.75, 3.05) is 18.5 Å². The summed E-state index contributed by atoms with van der Waals surface area (Å²) in [7, 11) is 1.84. The molecule has 0 saturated carbocycles. The Morgan fingerprint density at radius 3 is 2.59 bits per heavy atom. The molecule has 2 aromatic rings. The van der Waals surface area contributed by atoms with Crippen molar-refractivity contribution in [3.63, 3.8) is 0 Å². The largest absolute Gasteiger partial charge is 0.368 e. The lowest BCUT2D eigenvalue weighted by Gasteiger charge is -2.01. The molecule has 9 heteroatoms. The van der Waals surface area contributed by atoms with Gasteiger partial charge in [-0.25, -0.2) is 4.68 Å². The van der Waals surface area contributed by atoms with Gasteiger partial charge in [0.25, 0.3) is 0 Å². The molecule has 0 bridgehead atoms. The fraction of sp³-hybridized carbons (Fsp3) is 0.375. The van der Waals surface area contributed by atoms with E-state index in [9.17, 15) is 0 Å². The van der Waals surface area contributed by atoms with Gasteiger partial charge in [0, 0.05) is 6.54 Å². The topological polar surface area (TPSA) is 133 Å². The summed E-state index contributed by atoms with van der Waals surface area (Å²) in [6.07, 6.45) is 1.80. The molecular formula is C8H13N9. The molecule has 0 aromatic carbocycles. The summed E-state index contributed by atoms with van der Waals surface area (Å²) in [4.78, 5) is 11.6. The SMILES string of the molecule is CNCc1cn(Cc2nc(N)nc(N)n2)nn1. The zero-order chi connectivity index (χ0) is 12.3. The van der Waals surface area contributed by atoms with E-state index in [4.69, 9.17) is 11.5 Å². The molecule has 0 saturated heterocycles. The summed E-state index contributed by atoms with van der Waals surface area (Å²) in [6, 6.07) is 0. The molecule has 90 valence electrons. The normalized spacial score (nSPS) is 10.6. The van der Waals surface area contributed by atoms with Crippen LogP contribution in [0.2, 0.25) is 0 Å². The molecule has 2 heterocycles. The van der Waals surface area contributed by atoms with Gasteiger partial charge in [0.2, 0.25) is 11.9 Å². The van der Waals surface area contributed by atoms with E-state index in [0.29, 0.717) is 18.9 Å². The lowest BCUT2D eigenvalue weighted by Crippen LogP contribution is -2.10. The van der Waals surface area contributed by atoms with E-state index in [1.54, 1.807) is 10.9 Å². The highest BCUT2D eigenvalue weighted by Crippen LogP contribution is 2.01. The second-order valence-corrected chi connectivity index (χ2v) is 3.41. The van der Waals surface area contributed by atoms with E-state index >= 15 is 0 Å². The van der Waals surface area contributed by atoms with Crippen molar-refractivity contribution in [2.24, 2.45) is 0 Å². The lowest BCUT2D eigenvalue weighted by molar-refractivity contribution is 0.623. The van der Waals surface area contributed by atoms with Crippen molar-refractivity contribution < 1.29 is 0 Å². The number of nitrogen functional groups attached to an aromatic ring is 2. The van der Waals surface area contributed by atoms with Crippen LogP contribution in [0.15, 0.2) is 6.20 Å². The fourth-order valence-electron chi connectivity index (χ4n) is 1.35. The summed E-state index contributed by atoms with van der Waals surface area (Å²) >= 11 is 0. The zero-order valence-corrected chi connectivity index (χ0v) is 9.33. The number of nitrogens with one attached hydrogen (secondary N) is 1. The quantitative estimate of drug-likeness (QED) is 0.576. The predicted molar refractivity (Wildman–Crippen MR) is 60.5 cm³/mol. The van der Waals surface area contributed by atoms with Gasteiger partial charge in [-0.05, 0) is 7.05 Å². The Kier molecular flexibility index (Phi) is 3.10. The van der Waals surface area contributed by atoms with Crippen LogP contribution in [0.4, 0.5) is 11.9 Å². The summed E-state index contributed by atoms with van der Waals surface area (Å²) in [5, 5.41) is 10.9. The molecule has 0 radical (unpaired) electrons. The Bertz CT molecular complexity index is 485. The summed E-state index contributed by atoms with van der Waals surface area (Å²) < 4.78 is 1.61. The summed E-state index contributed by atoms with van der Waals surface area (Å²) in [5.74, 6) is 0.655. The first-order chi connectivity index (χ1) is 8.17. The van der Waals surface area contributed by atoms with Gasteiger partial charge in [-0.1, -0.05) is 5.21 Å². The van der Waals surface area contributed by atoms with Crippen LogP contribution in [0.5, 0.6) is 0 Å². The fourth-order valence-corrected chi connectivity index (χ4v) is 1.35. The number of nitrogens with zero attached hydrogens (tertiary/aromatic N) is 6. The minimum atomic E-state index is 0.100. The van der Waals surface area contributed by atoms with Crippen LogP contribution in [-0.2, 0) is 13.1 Å². The average Bonchev–Trinajstić information content (AvgIpc) is 2.64. The summed E-state index contributed by atoms with van der Waals surface area (Å²) in [6.45, 7) is 1.01. The maximum absolute atomic E-state index is 5.47. The van der Waals surface area contributed by atoms with Gasteiger partial charge in [0.05, 0.1) is 11.9 Å². The van der Waals surface area contributed by atoms with Gasteiger partial charge >= 0.3 is 0 Å². The van der Waals surface area contributed by atoms with Crippen LogP contribution in [-0.4, -0.2) is 37.0 Å². The van der Waals surface area contributed by atoms with Crippen LogP contribution in [0, 0.1) is 0 Å². The first-order valence-electron chi connectivity index (χ1n) is 4.97. The Labute approximate surface area is 97.3 Å². The predicted octanol–water partition coefficient (Wildman–Crippen LogP) is -1.60. The van der Waals surface area contributed by atoms with Gasteiger partial charge in [0.15, 0.2) is 5.82 Å². The molecule has 0 amide bonds. The minimum Gasteiger partial charge on any atom is -0.368 e. The number of aromatic nitrogens is 6. The number of nitrogens with two attached hydrogens (primary N) is 2. The number of hydrogen-bond acceptors (Lipinski definition) is 8. The van der Waals surface area contributed by atoms with Crippen LogP contribution in [0.1, 0.15) is 11.5 Å². The molecule has 0 aliphatic rings. The van der Waals surface area contributed by atoms with Crippen LogP contribution >= 0.6 is 0 Å². The van der Waals surface area contributed by atoms with Crippen molar-refractivity contribution in [1.29, 1.82) is 0 Å². The minimum absolute atomic E-state index is 0.100. The Morgan fingerprint density at radius 2 is 1.94 bits per heavy atom. The number of rotatable bonds is 4. The van der Waals surface area contributed by atoms with Crippen molar-refractivity contribution in [2.45, 2.75) is 13.1 Å². The molecule has 0 aliphatic carbocycles. The lowest BCUT2D eigenvalue weighted by atomic mass is 10.5. The maximum atomic E-state index is 5.47. The highest BCUT2D eigenvalue weighted by molar-refractivity contribution is 5.25. The van der Waals surface area contributed by atoms with Crippen molar-refractivity contribution in [3.8, 4) is 0 Å². The van der Waals surface area contributed by atoms with Crippen LogP contribution < -0.4 is 16.8 Å². The molecule has 0 fully saturated rings. The Hall–Kier alpha value is -2.29. The number of hydrogen-bond donors (Lipinski definition) is 3. The van der Waals surface area contributed by atoms with E-state index < -0.39 is 0 Å². The van der Waals surface area contributed by atoms with Gasteiger partial charge in [-0.3, -0.25) is 0 Å². The average molecular weight is 235 g/mol. The molecule has 9 nitrogen and oxygen atoms in total. The third-order valence-electron chi connectivity index (χ3n) is 1.96.